The Morgan fingerprint density at radius 2 is 0.948 bits per heavy atom. The van der Waals surface area contributed by atoms with Crippen LogP contribution < -0.4 is 0 Å². The molecule has 0 amide bonds. The minimum Gasteiger partial charge on any atom is -0.462 e. The van der Waals surface area contributed by atoms with E-state index in [1.807, 2.05) is 21.1 Å². The molecule has 0 aliphatic rings. The van der Waals surface area contributed by atoms with E-state index in [1.165, 1.54) is 70.6 Å². The normalized spacial score (nSPS) is 14.2. The number of carbonyl (C=O) groups is 2. The lowest BCUT2D eigenvalue weighted by molar-refractivity contribution is -0.870. The number of esters is 2. The summed E-state index contributed by atoms with van der Waals surface area (Å²) in [6, 6.07) is 0. The summed E-state index contributed by atoms with van der Waals surface area (Å²) in [5, 5.41) is 0. The summed E-state index contributed by atoms with van der Waals surface area (Å²) in [4.78, 5) is 35.4. The number of carbonyl (C=O) groups excluding carboxylic acids is 2. The minimum atomic E-state index is -4.39. The maximum absolute atomic E-state index is 12.7. The van der Waals surface area contributed by atoms with Gasteiger partial charge >= 0.3 is 19.8 Å². The SMILES string of the molecule is CCCCC/C=C\C/C=C\C/C=C\C/C=C\CCCC(=O)OC[C@H](COP(=O)(O)OCC[N+](C)(C)C)OC(=O)CCCCCCCCC/C=C\C/C=C\CCCCC. The highest BCUT2D eigenvalue weighted by atomic mass is 31.2. The Morgan fingerprint density at radius 1 is 0.534 bits per heavy atom. The molecule has 0 aliphatic carbocycles. The summed E-state index contributed by atoms with van der Waals surface area (Å²) < 4.78 is 34.3. The highest BCUT2D eigenvalue weighted by Crippen LogP contribution is 2.43. The van der Waals surface area contributed by atoms with Gasteiger partial charge in [-0.3, -0.25) is 18.6 Å². The molecule has 2 atom stereocenters. The van der Waals surface area contributed by atoms with Gasteiger partial charge in [0.05, 0.1) is 27.7 Å². The van der Waals surface area contributed by atoms with Gasteiger partial charge < -0.3 is 18.9 Å². The van der Waals surface area contributed by atoms with Crippen molar-refractivity contribution in [2.75, 3.05) is 47.5 Å². The van der Waals surface area contributed by atoms with Crippen molar-refractivity contribution in [3.8, 4) is 0 Å². The fourth-order valence-electron chi connectivity index (χ4n) is 5.62. The molecule has 0 spiro atoms. The molecule has 0 aliphatic heterocycles. The molecule has 0 radical (unpaired) electrons. The summed E-state index contributed by atoms with van der Waals surface area (Å²) in [5.41, 5.74) is 0. The molecule has 0 aromatic carbocycles. The molecule has 1 N–H and O–H groups in total. The molecule has 0 heterocycles. The Morgan fingerprint density at radius 3 is 1.43 bits per heavy atom. The van der Waals surface area contributed by atoms with Gasteiger partial charge in [-0.25, -0.2) is 4.57 Å². The predicted octanol–water partition coefficient (Wildman–Crippen LogP) is 13.0. The molecule has 0 bridgehead atoms. The fraction of sp³-hybridized carbons (Fsp3) is 0.708. The Kier molecular flexibility index (Phi) is 38.1. The first kappa shape index (κ1) is 55.5. The zero-order chi connectivity index (χ0) is 42.8. The lowest BCUT2D eigenvalue weighted by atomic mass is 10.1. The Balaban J connectivity index is 4.46. The number of likely N-dealkylation sites (N-methyl/N-ethyl adjacent to an activating group) is 1. The Bertz CT molecular complexity index is 1220. The van der Waals surface area contributed by atoms with Crippen molar-refractivity contribution in [1.82, 2.24) is 0 Å². The summed E-state index contributed by atoms with van der Waals surface area (Å²) in [6.07, 6.45) is 49.5. The maximum atomic E-state index is 12.7. The molecule has 0 saturated carbocycles. The average Bonchev–Trinajstić information content (AvgIpc) is 3.17. The third-order valence-electron chi connectivity index (χ3n) is 9.21. The van der Waals surface area contributed by atoms with Crippen molar-refractivity contribution in [2.24, 2.45) is 0 Å². The highest BCUT2D eigenvalue weighted by Gasteiger charge is 2.27. The molecule has 0 aromatic rings. The van der Waals surface area contributed by atoms with Crippen LogP contribution in [0.15, 0.2) is 72.9 Å². The van der Waals surface area contributed by atoms with Crippen LogP contribution in [0.25, 0.3) is 0 Å². The predicted molar refractivity (Wildman–Crippen MR) is 242 cm³/mol. The van der Waals surface area contributed by atoms with E-state index in [4.69, 9.17) is 18.5 Å². The minimum absolute atomic E-state index is 0.0182. The van der Waals surface area contributed by atoms with E-state index >= 15 is 0 Å². The number of ether oxygens (including phenoxy) is 2. The van der Waals surface area contributed by atoms with E-state index in [2.05, 4.69) is 86.8 Å². The van der Waals surface area contributed by atoms with Crippen molar-refractivity contribution in [3.63, 3.8) is 0 Å². The lowest BCUT2D eigenvalue weighted by Crippen LogP contribution is -2.37. The van der Waals surface area contributed by atoms with Crippen molar-refractivity contribution in [3.05, 3.63) is 72.9 Å². The van der Waals surface area contributed by atoms with Gasteiger partial charge in [0.25, 0.3) is 0 Å². The number of quaternary nitrogens is 1. The third kappa shape index (κ3) is 43.0. The first-order chi connectivity index (χ1) is 28.0. The largest absolute Gasteiger partial charge is 0.472 e. The molecule has 0 fully saturated rings. The second-order valence-corrected chi connectivity index (χ2v) is 17.5. The second-order valence-electron chi connectivity index (χ2n) is 16.1. The van der Waals surface area contributed by atoms with E-state index in [9.17, 15) is 19.0 Å². The van der Waals surface area contributed by atoms with E-state index in [0.717, 1.165) is 57.8 Å². The fourth-order valence-corrected chi connectivity index (χ4v) is 6.36. The molecule has 0 saturated heterocycles. The number of phosphoric ester groups is 1. The van der Waals surface area contributed by atoms with Crippen LogP contribution in [0.3, 0.4) is 0 Å². The zero-order valence-corrected chi connectivity index (χ0v) is 38.4. The molecule has 9 nitrogen and oxygen atoms in total. The number of hydrogen-bond acceptors (Lipinski definition) is 7. The number of rotatable bonds is 40. The maximum Gasteiger partial charge on any atom is 0.472 e. The highest BCUT2D eigenvalue weighted by molar-refractivity contribution is 7.47. The summed E-state index contributed by atoms with van der Waals surface area (Å²) >= 11 is 0. The van der Waals surface area contributed by atoms with Crippen LogP contribution in [0.1, 0.15) is 168 Å². The molecular formula is C48H85NO8P+. The van der Waals surface area contributed by atoms with Crippen LogP contribution in [-0.4, -0.2) is 74.9 Å². The van der Waals surface area contributed by atoms with Gasteiger partial charge in [-0.15, -0.1) is 0 Å². The molecular weight excluding hydrogens is 750 g/mol. The molecule has 10 heteroatoms. The standard InChI is InChI=1S/C48H84NO8P/c1-6-8-10-12-14-16-18-20-22-24-26-28-30-32-34-36-38-40-47(50)54-44-46(45-56-58(52,53)55-43-42-49(3,4)5)57-48(51)41-39-37-35-33-31-29-27-25-23-21-19-17-15-13-11-9-7-2/h14-17,20-23,26,28,32,34,46H,6-13,18-19,24-25,27,29-31,33,35-45H2,1-5H3/p+1/b16-14-,17-15-,22-20-,23-21-,28-26-,34-32-/t46-/m1/s1. The van der Waals surface area contributed by atoms with Gasteiger partial charge in [0.2, 0.25) is 0 Å². The van der Waals surface area contributed by atoms with Crippen LogP contribution in [0.4, 0.5) is 0 Å². The van der Waals surface area contributed by atoms with Gasteiger partial charge in [0.15, 0.2) is 6.10 Å². The van der Waals surface area contributed by atoms with E-state index in [-0.39, 0.29) is 26.1 Å². The summed E-state index contributed by atoms with van der Waals surface area (Å²) in [6.45, 7) is 4.28. The number of hydrogen-bond donors (Lipinski definition) is 1. The van der Waals surface area contributed by atoms with E-state index in [1.54, 1.807) is 0 Å². The van der Waals surface area contributed by atoms with E-state index < -0.39 is 32.5 Å². The van der Waals surface area contributed by atoms with Gasteiger partial charge in [0.1, 0.15) is 19.8 Å². The zero-order valence-electron chi connectivity index (χ0n) is 37.5. The van der Waals surface area contributed by atoms with Gasteiger partial charge in [-0.05, 0) is 83.5 Å². The summed E-state index contributed by atoms with van der Waals surface area (Å²) in [7, 11) is 1.43. The van der Waals surface area contributed by atoms with Crippen molar-refractivity contribution in [1.29, 1.82) is 0 Å². The second kappa shape index (κ2) is 39.9. The van der Waals surface area contributed by atoms with Gasteiger partial charge in [0, 0.05) is 12.8 Å². The molecule has 0 rings (SSSR count). The van der Waals surface area contributed by atoms with Crippen LogP contribution in [0, 0.1) is 0 Å². The molecule has 58 heavy (non-hydrogen) atoms. The average molecular weight is 835 g/mol. The first-order valence-electron chi connectivity index (χ1n) is 22.7. The lowest BCUT2D eigenvalue weighted by Gasteiger charge is -2.24. The number of phosphoric acid groups is 1. The van der Waals surface area contributed by atoms with Crippen LogP contribution in [-0.2, 0) is 32.7 Å². The quantitative estimate of drug-likeness (QED) is 0.0214. The smallest absolute Gasteiger partial charge is 0.462 e. The summed E-state index contributed by atoms with van der Waals surface area (Å²) in [5.74, 6) is -0.879. The number of nitrogens with zero attached hydrogens (tertiary/aromatic N) is 1. The molecule has 334 valence electrons. The van der Waals surface area contributed by atoms with Crippen LogP contribution in [0.5, 0.6) is 0 Å². The Labute approximate surface area is 355 Å². The van der Waals surface area contributed by atoms with Gasteiger partial charge in [-0.1, -0.05) is 145 Å². The Hall–Kier alpha value is -2.55. The number of unbranched alkanes of at least 4 members (excludes halogenated alkanes) is 14. The molecule has 0 aromatic heterocycles. The van der Waals surface area contributed by atoms with Crippen molar-refractivity contribution < 1.29 is 42.1 Å². The van der Waals surface area contributed by atoms with Crippen LogP contribution >= 0.6 is 7.82 Å². The van der Waals surface area contributed by atoms with Crippen LogP contribution in [0.2, 0.25) is 0 Å². The monoisotopic (exact) mass is 835 g/mol. The third-order valence-corrected chi connectivity index (χ3v) is 10.2. The first-order valence-corrected chi connectivity index (χ1v) is 24.2. The topological polar surface area (TPSA) is 108 Å². The van der Waals surface area contributed by atoms with Crippen molar-refractivity contribution >= 4 is 19.8 Å². The van der Waals surface area contributed by atoms with Gasteiger partial charge in [-0.2, -0.15) is 0 Å². The molecule has 1 unspecified atom stereocenters. The van der Waals surface area contributed by atoms with Crippen molar-refractivity contribution in [2.45, 2.75) is 174 Å². The number of allylic oxidation sites excluding steroid dienone is 12. The van der Waals surface area contributed by atoms with E-state index in [0.29, 0.717) is 23.9 Å².